The lowest BCUT2D eigenvalue weighted by atomic mass is 10.1. The number of nitrogens with one attached hydrogen (secondary N) is 1. The van der Waals surface area contributed by atoms with Gasteiger partial charge in [0.2, 0.25) is 5.91 Å². The molecule has 1 aromatic heterocycles. The lowest BCUT2D eigenvalue weighted by Crippen LogP contribution is -2.51. The average molecular weight is 460 g/mol. The normalized spacial score (nSPS) is 13.5. The van der Waals surface area contributed by atoms with Crippen molar-refractivity contribution < 1.29 is 23.9 Å². The molecule has 2 amide bonds. The third kappa shape index (κ3) is 5.23. The summed E-state index contributed by atoms with van der Waals surface area (Å²) < 4.78 is 11.1. The number of aromatic nitrogens is 1. The zero-order valence-corrected chi connectivity index (χ0v) is 19.0. The van der Waals surface area contributed by atoms with Crippen LogP contribution in [0.1, 0.15) is 28.5 Å². The molecular formula is C26H25N3O5. The molecule has 174 valence electrons. The Balaban J connectivity index is 1.48. The van der Waals surface area contributed by atoms with Gasteiger partial charge in [-0.3, -0.25) is 24.3 Å². The molecule has 2 aromatic carbocycles. The van der Waals surface area contributed by atoms with Crippen LogP contribution in [0.2, 0.25) is 0 Å². The van der Waals surface area contributed by atoms with E-state index in [0.29, 0.717) is 28.4 Å². The zero-order valence-electron chi connectivity index (χ0n) is 19.0. The summed E-state index contributed by atoms with van der Waals surface area (Å²) in [4.78, 5) is 43.8. The van der Waals surface area contributed by atoms with Gasteiger partial charge in [0.25, 0.3) is 5.91 Å². The smallest absolute Gasteiger partial charge is 0.265 e. The van der Waals surface area contributed by atoms with Crippen LogP contribution in [0.15, 0.2) is 66.9 Å². The molecule has 1 N–H and O–H groups in total. The molecule has 0 aliphatic carbocycles. The summed E-state index contributed by atoms with van der Waals surface area (Å²) in [6.07, 6.45) is 1.65. The van der Waals surface area contributed by atoms with Crippen molar-refractivity contribution in [3.8, 4) is 11.5 Å². The summed E-state index contributed by atoms with van der Waals surface area (Å²) in [5, 5.41) is 2.80. The number of pyridine rings is 1. The number of rotatable bonds is 8. The monoisotopic (exact) mass is 459 g/mol. The van der Waals surface area contributed by atoms with E-state index >= 15 is 0 Å². The van der Waals surface area contributed by atoms with E-state index in [2.05, 4.69) is 10.3 Å². The fraction of sp³-hybridized carbons (Fsp3) is 0.231. The number of aryl methyl sites for hydroxylation is 1. The number of ether oxygens (including phenoxy) is 2. The SMILES string of the molecule is Cc1ccc(OCC(=O)c2ccc3c(c2)N(C(C)C(=O)NCc2ccccn2)C(=O)CO3)cc1. The van der Waals surface area contributed by atoms with Crippen LogP contribution in [0, 0.1) is 6.92 Å². The summed E-state index contributed by atoms with van der Waals surface area (Å²) in [7, 11) is 0. The first-order valence-electron chi connectivity index (χ1n) is 10.9. The summed E-state index contributed by atoms with van der Waals surface area (Å²) in [6, 6.07) is 16.8. The second kappa shape index (κ2) is 10.2. The van der Waals surface area contributed by atoms with E-state index in [4.69, 9.17) is 9.47 Å². The van der Waals surface area contributed by atoms with Crippen LogP contribution in [0.4, 0.5) is 5.69 Å². The lowest BCUT2D eigenvalue weighted by Gasteiger charge is -2.33. The maximum absolute atomic E-state index is 12.8. The van der Waals surface area contributed by atoms with Crippen molar-refractivity contribution in [2.75, 3.05) is 18.1 Å². The third-order valence-electron chi connectivity index (χ3n) is 5.49. The Morgan fingerprint density at radius 3 is 2.68 bits per heavy atom. The number of anilines is 1. The third-order valence-corrected chi connectivity index (χ3v) is 5.49. The number of hydrogen-bond acceptors (Lipinski definition) is 6. The molecule has 1 aliphatic rings. The molecule has 1 unspecified atom stereocenters. The first-order valence-corrected chi connectivity index (χ1v) is 10.9. The number of carbonyl (C=O) groups excluding carboxylic acids is 3. The van der Waals surface area contributed by atoms with Gasteiger partial charge in [0.05, 0.1) is 17.9 Å². The van der Waals surface area contributed by atoms with Crippen molar-refractivity contribution in [1.29, 1.82) is 0 Å². The number of benzene rings is 2. The molecule has 8 heteroatoms. The Hall–Kier alpha value is -4.20. The van der Waals surface area contributed by atoms with Crippen molar-refractivity contribution in [2.45, 2.75) is 26.4 Å². The fourth-order valence-electron chi connectivity index (χ4n) is 3.58. The number of carbonyl (C=O) groups is 3. The molecule has 0 bridgehead atoms. The molecule has 0 saturated carbocycles. The summed E-state index contributed by atoms with van der Waals surface area (Å²) in [5.74, 6) is 0.0589. The second-order valence-corrected chi connectivity index (χ2v) is 7.97. The van der Waals surface area contributed by atoms with Crippen LogP contribution in [-0.4, -0.2) is 41.8 Å². The number of hydrogen-bond donors (Lipinski definition) is 1. The molecule has 4 rings (SSSR count). The Labute approximate surface area is 197 Å². The van der Waals surface area contributed by atoms with Crippen molar-refractivity contribution in [3.63, 3.8) is 0 Å². The predicted molar refractivity (Wildman–Crippen MR) is 126 cm³/mol. The molecule has 2 heterocycles. The van der Waals surface area contributed by atoms with Crippen LogP contribution < -0.4 is 19.7 Å². The van der Waals surface area contributed by atoms with Crippen molar-refractivity contribution in [1.82, 2.24) is 10.3 Å². The van der Waals surface area contributed by atoms with Crippen molar-refractivity contribution >= 4 is 23.3 Å². The predicted octanol–water partition coefficient (Wildman–Crippen LogP) is 3.08. The van der Waals surface area contributed by atoms with Gasteiger partial charge in [0.15, 0.2) is 19.0 Å². The summed E-state index contributed by atoms with van der Waals surface area (Å²) in [6.45, 7) is 3.50. The molecule has 3 aromatic rings. The quantitative estimate of drug-likeness (QED) is 0.520. The van der Waals surface area contributed by atoms with E-state index in [1.165, 1.54) is 4.90 Å². The van der Waals surface area contributed by atoms with Crippen LogP contribution in [-0.2, 0) is 16.1 Å². The highest BCUT2D eigenvalue weighted by atomic mass is 16.5. The van der Waals surface area contributed by atoms with Crippen molar-refractivity contribution in [2.24, 2.45) is 0 Å². The van der Waals surface area contributed by atoms with Gasteiger partial charge < -0.3 is 14.8 Å². The van der Waals surface area contributed by atoms with Crippen LogP contribution in [0.3, 0.4) is 0 Å². The van der Waals surface area contributed by atoms with Gasteiger partial charge in [-0.15, -0.1) is 0 Å². The molecule has 0 radical (unpaired) electrons. The molecule has 34 heavy (non-hydrogen) atoms. The van der Waals surface area contributed by atoms with E-state index in [0.717, 1.165) is 5.56 Å². The van der Waals surface area contributed by atoms with Crippen LogP contribution >= 0.6 is 0 Å². The minimum absolute atomic E-state index is 0.156. The van der Waals surface area contributed by atoms with E-state index in [-0.39, 0.29) is 37.4 Å². The van der Waals surface area contributed by atoms with Gasteiger partial charge in [-0.05, 0) is 56.3 Å². The van der Waals surface area contributed by atoms with Gasteiger partial charge in [-0.1, -0.05) is 23.8 Å². The second-order valence-electron chi connectivity index (χ2n) is 7.97. The lowest BCUT2D eigenvalue weighted by molar-refractivity contribution is -0.127. The number of fused-ring (bicyclic) bond motifs is 1. The Morgan fingerprint density at radius 1 is 1.15 bits per heavy atom. The number of amides is 2. The average Bonchev–Trinajstić information content (AvgIpc) is 2.86. The number of nitrogens with zero attached hydrogens (tertiary/aromatic N) is 2. The molecule has 0 saturated heterocycles. The molecule has 1 aliphatic heterocycles. The van der Waals surface area contributed by atoms with Gasteiger partial charge in [-0.2, -0.15) is 0 Å². The minimum atomic E-state index is -0.812. The summed E-state index contributed by atoms with van der Waals surface area (Å²) in [5.41, 5.74) is 2.53. The molecule has 0 spiro atoms. The Kier molecular flexibility index (Phi) is 6.87. The largest absolute Gasteiger partial charge is 0.485 e. The molecule has 1 atom stereocenters. The Bertz CT molecular complexity index is 1190. The standard InChI is InChI=1S/C26H25N3O5/c1-17-6-9-21(10-7-17)33-15-23(30)19-8-11-24-22(13-19)29(25(31)16-34-24)18(2)26(32)28-14-20-5-3-4-12-27-20/h3-13,18H,14-16H2,1-2H3,(H,28,32). The maximum Gasteiger partial charge on any atom is 0.265 e. The summed E-state index contributed by atoms with van der Waals surface area (Å²) >= 11 is 0. The molecular weight excluding hydrogens is 434 g/mol. The zero-order chi connectivity index (χ0) is 24.1. The number of Topliss-reactive ketones (excluding diaryl/α,β-unsaturated/α-hetero) is 1. The van der Waals surface area contributed by atoms with Gasteiger partial charge >= 0.3 is 0 Å². The van der Waals surface area contributed by atoms with Gasteiger partial charge in [0, 0.05) is 11.8 Å². The fourth-order valence-corrected chi connectivity index (χ4v) is 3.58. The van der Waals surface area contributed by atoms with E-state index in [1.54, 1.807) is 55.6 Å². The van der Waals surface area contributed by atoms with E-state index < -0.39 is 6.04 Å². The van der Waals surface area contributed by atoms with E-state index in [1.807, 2.05) is 25.1 Å². The highest BCUT2D eigenvalue weighted by Gasteiger charge is 2.33. The van der Waals surface area contributed by atoms with E-state index in [9.17, 15) is 14.4 Å². The van der Waals surface area contributed by atoms with Crippen LogP contribution in [0.25, 0.3) is 0 Å². The highest BCUT2D eigenvalue weighted by molar-refractivity contribution is 6.05. The number of ketones is 1. The Morgan fingerprint density at radius 2 is 1.94 bits per heavy atom. The highest BCUT2D eigenvalue weighted by Crippen LogP contribution is 2.34. The van der Waals surface area contributed by atoms with Gasteiger partial charge in [-0.25, -0.2) is 0 Å². The first-order chi connectivity index (χ1) is 16.4. The molecule has 0 fully saturated rings. The maximum atomic E-state index is 12.8. The minimum Gasteiger partial charge on any atom is -0.485 e. The first kappa shape index (κ1) is 23.0. The van der Waals surface area contributed by atoms with Crippen LogP contribution in [0.5, 0.6) is 11.5 Å². The van der Waals surface area contributed by atoms with Crippen molar-refractivity contribution in [3.05, 3.63) is 83.7 Å². The topological polar surface area (TPSA) is 97.8 Å². The van der Waals surface area contributed by atoms with Gasteiger partial charge in [0.1, 0.15) is 17.5 Å². The molecule has 8 nitrogen and oxygen atoms in total.